The summed E-state index contributed by atoms with van der Waals surface area (Å²) in [6.07, 6.45) is 1.59. The van der Waals surface area contributed by atoms with Gasteiger partial charge in [-0.2, -0.15) is 0 Å². The quantitative estimate of drug-likeness (QED) is 0.386. The molecule has 1 atom stereocenters. The third-order valence-corrected chi connectivity index (χ3v) is 5.47. The van der Waals surface area contributed by atoms with E-state index in [2.05, 4.69) is 75.7 Å². The van der Waals surface area contributed by atoms with Crippen molar-refractivity contribution in [3.05, 3.63) is 84.7 Å². The standard InChI is InChI=1S/C25H22N4O/c1-16(20-9-5-7-17-6-3-4-8-21(17)20)28-24-22-14-23(29-25(22)27-15-26-24)18-10-12-19(30-2)13-11-18/h3-16H,1-2H3,(H2,26,27,28,29)/t16-/m0/s1. The van der Waals surface area contributed by atoms with E-state index < -0.39 is 0 Å². The van der Waals surface area contributed by atoms with Crippen LogP contribution in [0.4, 0.5) is 5.82 Å². The summed E-state index contributed by atoms with van der Waals surface area (Å²) in [5, 5.41) is 7.04. The molecule has 0 spiro atoms. The van der Waals surface area contributed by atoms with Crippen LogP contribution in [0.3, 0.4) is 0 Å². The van der Waals surface area contributed by atoms with Gasteiger partial charge < -0.3 is 15.0 Å². The molecule has 5 rings (SSSR count). The van der Waals surface area contributed by atoms with Crippen LogP contribution >= 0.6 is 0 Å². The van der Waals surface area contributed by atoms with E-state index in [1.54, 1.807) is 13.4 Å². The summed E-state index contributed by atoms with van der Waals surface area (Å²) < 4.78 is 5.26. The predicted octanol–water partition coefficient (Wildman–Crippen LogP) is 5.96. The molecule has 30 heavy (non-hydrogen) atoms. The van der Waals surface area contributed by atoms with Crippen LogP contribution in [-0.4, -0.2) is 22.1 Å². The van der Waals surface area contributed by atoms with Crippen LogP contribution in [0.5, 0.6) is 5.75 Å². The van der Waals surface area contributed by atoms with Crippen molar-refractivity contribution in [2.24, 2.45) is 0 Å². The fourth-order valence-electron chi connectivity index (χ4n) is 3.89. The highest BCUT2D eigenvalue weighted by atomic mass is 16.5. The lowest BCUT2D eigenvalue weighted by molar-refractivity contribution is 0.415. The summed E-state index contributed by atoms with van der Waals surface area (Å²) >= 11 is 0. The number of rotatable bonds is 5. The van der Waals surface area contributed by atoms with Gasteiger partial charge in [0.2, 0.25) is 0 Å². The SMILES string of the molecule is COc1ccc(-c2cc3c(N[C@@H](C)c4cccc5ccccc45)ncnc3[nH]2)cc1. The average molecular weight is 394 g/mol. The van der Waals surface area contributed by atoms with Gasteiger partial charge in [0.25, 0.3) is 0 Å². The van der Waals surface area contributed by atoms with Gasteiger partial charge in [-0.25, -0.2) is 9.97 Å². The predicted molar refractivity (Wildman–Crippen MR) is 122 cm³/mol. The Morgan fingerprint density at radius 3 is 2.53 bits per heavy atom. The van der Waals surface area contributed by atoms with Gasteiger partial charge >= 0.3 is 0 Å². The molecule has 0 radical (unpaired) electrons. The van der Waals surface area contributed by atoms with Crippen LogP contribution in [0.25, 0.3) is 33.1 Å². The molecule has 0 saturated carbocycles. The molecule has 2 N–H and O–H groups in total. The molecule has 2 aromatic heterocycles. The van der Waals surface area contributed by atoms with E-state index in [0.717, 1.165) is 33.9 Å². The minimum absolute atomic E-state index is 0.0912. The molecule has 0 aliphatic rings. The number of hydrogen-bond acceptors (Lipinski definition) is 4. The van der Waals surface area contributed by atoms with Crippen molar-refractivity contribution in [2.45, 2.75) is 13.0 Å². The van der Waals surface area contributed by atoms with E-state index in [0.29, 0.717) is 0 Å². The third-order valence-electron chi connectivity index (χ3n) is 5.47. The van der Waals surface area contributed by atoms with Crippen LogP contribution in [0.15, 0.2) is 79.1 Å². The van der Waals surface area contributed by atoms with Gasteiger partial charge in [-0.15, -0.1) is 0 Å². The first-order chi connectivity index (χ1) is 14.7. The van der Waals surface area contributed by atoms with Gasteiger partial charge in [0.05, 0.1) is 18.5 Å². The third kappa shape index (κ3) is 3.24. The minimum atomic E-state index is 0.0912. The Hall–Kier alpha value is -3.86. The number of H-pyrrole nitrogens is 1. The number of ether oxygens (including phenoxy) is 1. The zero-order valence-corrected chi connectivity index (χ0v) is 16.9. The molecule has 0 amide bonds. The molecule has 0 aliphatic carbocycles. The molecule has 5 heteroatoms. The number of aromatic amines is 1. The van der Waals surface area contributed by atoms with E-state index in [1.165, 1.54) is 16.3 Å². The van der Waals surface area contributed by atoms with Crippen LogP contribution in [0, 0.1) is 0 Å². The molecule has 2 heterocycles. The number of anilines is 1. The van der Waals surface area contributed by atoms with Gasteiger partial charge in [-0.1, -0.05) is 42.5 Å². The molecule has 0 bridgehead atoms. The van der Waals surface area contributed by atoms with E-state index in [4.69, 9.17) is 4.74 Å². The second-order valence-electron chi connectivity index (χ2n) is 7.33. The fraction of sp³-hybridized carbons (Fsp3) is 0.120. The van der Waals surface area contributed by atoms with E-state index in [-0.39, 0.29) is 6.04 Å². The Labute approximate surface area is 174 Å². The Bertz CT molecular complexity index is 1320. The Morgan fingerprint density at radius 1 is 0.900 bits per heavy atom. The first-order valence-electron chi connectivity index (χ1n) is 9.95. The van der Waals surface area contributed by atoms with Crippen molar-refractivity contribution < 1.29 is 4.74 Å². The zero-order valence-electron chi connectivity index (χ0n) is 16.9. The van der Waals surface area contributed by atoms with Crippen molar-refractivity contribution in [2.75, 3.05) is 12.4 Å². The fourth-order valence-corrected chi connectivity index (χ4v) is 3.89. The maximum absolute atomic E-state index is 5.26. The number of fused-ring (bicyclic) bond motifs is 2. The highest BCUT2D eigenvalue weighted by Crippen LogP contribution is 2.31. The first-order valence-corrected chi connectivity index (χ1v) is 9.95. The lowest BCUT2D eigenvalue weighted by Gasteiger charge is -2.17. The van der Waals surface area contributed by atoms with Crippen molar-refractivity contribution >= 4 is 27.6 Å². The van der Waals surface area contributed by atoms with Crippen molar-refractivity contribution in [3.8, 4) is 17.0 Å². The Morgan fingerprint density at radius 2 is 1.70 bits per heavy atom. The minimum Gasteiger partial charge on any atom is -0.497 e. The summed E-state index contributed by atoms with van der Waals surface area (Å²) in [4.78, 5) is 12.3. The molecule has 5 aromatic rings. The van der Waals surface area contributed by atoms with E-state index in [9.17, 15) is 0 Å². The van der Waals surface area contributed by atoms with Gasteiger partial charge in [0.15, 0.2) is 0 Å². The van der Waals surface area contributed by atoms with Crippen LogP contribution in [0.1, 0.15) is 18.5 Å². The van der Waals surface area contributed by atoms with E-state index >= 15 is 0 Å². The van der Waals surface area contributed by atoms with Crippen molar-refractivity contribution in [1.29, 1.82) is 0 Å². The molecule has 0 unspecified atom stereocenters. The van der Waals surface area contributed by atoms with Gasteiger partial charge in [0.1, 0.15) is 23.5 Å². The summed E-state index contributed by atoms with van der Waals surface area (Å²) in [7, 11) is 1.67. The Balaban J connectivity index is 1.50. The number of nitrogens with one attached hydrogen (secondary N) is 2. The molecule has 0 fully saturated rings. The van der Waals surface area contributed by atoms with Gasteiger partial charge in [0, 0.05) is 5.69 Å². The van der Waals surface area contributed by atoms with Gasteiger partial charge in [-0.05, 0) is 59.2 Å². The maximum Gasteiger partial charge on any atom is 0.143 e. The highest BCUT2D eigenvalue weighted by Gasteiger charge is 2.14. The lowest BCUT2D eigenvalue weighted by atomic mass is 9.99. The second-order valence-corrected chi connectivity index (χ2v) is 7.33. The van der Waals surface area contributed by atoms with Crippen LogP contribution in [-0.2, 0) is 0 Å². The monoisotopic (exact) mass is 394 g/mol. The molecule has 5 nitrogen and oxygen atoms in total. The smallest absolute Gasteiger partial charge is 0.143 e. The summed E-state index contributed by atoms with van der Waals surface area (Å²) in [5.41, 5.74) is 4.12. The molecular weight excluding hydrogens is 372 g/mol. The molecule has 0 saturated heterocycles. The normalized spacial score (nSPS) is 12.2. The molecule has 148 valence electrons. The first kappa shape index (κ1) is 18.2. The van der Waals surface area contributed by atoms with Gasteiger partial charge in [-0.3, -0.25) is 0 Å². The maximum atomic E-state index is 5.26. The number of hydrogen-bond donors (Lipinski definition) is 2. The highest BCUT2D eigenvalue weighted by molar-refractivity contribution is 5.92. The number of methoxy groups -OCH3 is 1. The molecule has 0 aliphatic heterocycles. The summed E-state index contributed by atoms with van der Waals surface area (Å²) in [5.74, 6) is 1.65. The lowest BCUT2D eigenvalue weighted by Crippen LogP contribution is -2.08. The van der Waals surface area contributed by atoms with Crippen molar-refractivity contribution in [3.63, 3.8) is 0 Å². The molecular formula is C25H22N4O. The average Bonchev–Trinajstić information content (AvgIpc) is 3.24. The zero-order chi connectivity index (χ0) is 20.5. The Kier molecular flexibility index (Phi) is 4.56. The number of benzene rings is 3. The summed E-state index contributed by atoms with van der Waals surface area (Å²) in [6.45, 7) is 2.16. The number of aromatic nitrogens is 3. The van der Waals surface area contributed by atoms with Crippen molar-refractivity contribution in [1.82, 2.24) is 15.0 Å². The second kappa shape index (κ2) is 7.52. The number of nitrogens with zero attached hydrogens (tertiary/aromatic N) is 2. The largest absolute Gasteiger partial charge is 0.497 e. The topological polar surface area (TPSA) is 62.8 Å². The molecule has 3 aromatic carbocycles. The van der Waals surface area contributed by atoms with E-state index in [1.807, 2.05) is 24.3 Å². The summed E-state index contributed by atoms with van der Waals surface area (Å²) in [6, 6.07) is 25.0. The van der Waals surface area contributed by atoms with Crippen LogP contribution in [0.2, 0.25) is 0 Å². The van der Waals surface area contributed by atoms with Crippen LogP contribution < -0.4 is 10.1 Å².